The minimum atomic E-state index is -0.164. The van der Waals surface area contributed by atoms with Gasteiger partial charge in [0, 0.05) is 17.8 Å². The molecule has 0 unspecified atom stereocenters. The molecule has 0 fully saturated rings. The second-order valence-electron chi connectivity index (χ2n) is 3.67. The van der Waals surface area contributed by atoms with Crippen LogP contribution in [-0.2, 0) is 4.74 Å². The van der Waals surface area contributed by atoms with Crippen molar-refractivity contribution in [2.45, 2.75) is 6.92 Å². The number of hydrogen-bond acceptors (Lipinski definition) is 4. The molecule has 1 amide bonds. The summed E-state index contributed by atoms with van der Waals surface area (Å²) in [6, 6.07) is 5.22. The minimum Gasteiger partial charge on any atom is -0.399 e. The molecule has 0 atom stereocenters. The lowest BCUT2D eigenvalue weighted by Gasteiger charge is -2.08. The van der Waals surface area contributed by atoms with Crippen molar-refractivity contribution >= 4 is 11.6 Å². The molecule has 4 N–H and O–H groups in total. The van der Waals surface area contributed by atoms with E-state index in [1.165, 1.54) is 0 Å². The molecule has 0 spiro atoms. The fraction of sp³-hybridized carbons (Fsp3) is 0.417. The Morgan fingerprint density at radius 2 is 2.24 bits per heavy atom. The number of ether oxygens (including phenoxy) is 1. The summed E-state index contributed by atoms with van der Waals surface area (Å²) >= 11 is 0. The van der Waals surface area contributed by atoms with Gasteiger partial charge in [-0.1, -0.05) is 6.07 Å². The maximum atomic E-state index is 11.8. The Morgan fingerprint density at radius 1 is 1.47 bits per heavy atom. The van der Waals surface area contributed by atoms with Crippen LogP contribution in [0.4, 0.5) is 5.69 Å². The van der Waals surface area contributed by atoms with Gasteiger partial charge in [-0.15, -0.1) is 0 Å². The van der Waals surface area contributed by atoms with Gasteiger partial charge in [0.1, 0.15) is 0 Å². The van der Waals surface area contributed by atoms with E-state index in [0.29, 0.717) is 24.4 Å². The zero-order valence-electron chi connectivity index (χ0n) is 9.90. The van der Waals surface area contributed by atoms with Crippen molar-refractivity contribution in [2.24, 2.45) is 0 Å². The van der Waals surface area contributed by atoms with Gasteiger partial charge in [-0.2, -0.15) is 0 Å². The van der Waals surface area contributed by atoms with Crippen LogP contribution in [0, 0.1) is 6.92 Å². The minimum absolute atomic E-state index is 0.0116. The van der Waals surface area contributed by atoms with E-state index < -0.39 is 0 Å². The highest BCUT2D eigenvalue weighted by atomic mass is 16.5. The van der Waals surface area contributed by atoms with Gasteiger partial charge in [-0.05, 0) is 24.6 Å². The smallest absolute Gasteiger partial charge is 0.251 e. The normalized spacial score (nSPS) is 10.2. The molecule has 94 valence electrons. The van der Waals surface area contributed by atoms with E-state index in [0.717, 1.165) is 5.56 Å². The lowest BCUT2D eigenvalue weighted by atomic mass is 10.1. The fourth-order valence-electron chi connectivity index (χ4n) is 1.38. The predicted octanol–water partition coefficient (Wildman–Crippen LogP) is 0.316. The van der Waals surface area contributed by atoms with Crippen molar-refractivity contribution in [2.75, 3.05) is 32.1 Å². The van der Waals surface area contributed by atoms with Crippen molar-refractivity contribution in [1.29, 1.82) is 0 Å². The summed E-state index contributed by atoms with van der Waals surface area (Å²) in [7, 11) is 0. The van der Waals surface area contributed by atoms with Crippen LogP contribution in [0.5, 0.6) is 0 Å². The van der Waals surface area contributed by atoms with Crippen molar-refractivity contribution in [3.05, 3.63) is 29.3 Å². The van der Waals surface area contributed by atoms with Crippen LogP contribution >= 0.6 is 0 Å². The third-order valence-corrected chi connectivity index (χ3v) is 2.27. The summed E-state index contributed by atoms with van der Waals surface area (Å²) in [6.07, 6.45) is 0. The second kappa shape index (κ2) is 6.88. The number of carbonyl (C=O) groups excluding carboxylic acids is 1. The van der Waals surface area contributed by atoms with E-state index >= 15 is 0 Å². The summed E-state index contributed by atoms with van der Waals surface area (Å²) in [5.41, 5.74) is 7.65. The molecule has 0 saturated heterocycles. The number of rotatable bonds is 6. The number of aryl methyl sites for hydroxylation is 1. The molecule has 1 rings (SSSR count). The highest BCUT2D eigenvalue weighted by molar-refractivity contribution is 5.96. The summed E-state index contributed by atoms with van der Waals surface area (Å²) in [5, 5.41) is 11.2. The van der Waals surface area contributed by atoms with E-state index in [4.69, 9.17) is 15.6 Å². The molecular weight excluding hydrogens is 220 g/mol. The van der Waals surface area contributed by atoms with Crippen LogP contribution in [0.2, 0.25) is 0 Å². The van der Waals surface area contributed by atoms with Gasteiger partial charge in [-0.25, -0.2) is 0 Å². The molecule has 5 nitrogen and oxygen atoms in total. The third kappa shape index (κ3) is 4.42. The summed E-state index contributed by atoms with van der Waals surface area (Å²) in [6.45, 7) is 2.92. The van der Waals surface area contributed by atoms with Crippen LogP contribution in [0.1, 0.15) is 15.9 Å². The van der Waals surface area contributed by atoms with Crippen LogP contribution in [0.3, 0.4) is 0 Å². The maximum Gasteiger partial charge on any atom is 0.251 e. The van der Waals surface area contributed by atoms with Crippen molar-refractivity contribution in [3.63, 3.8) is 0 Å². The molecule has 0 aromatic heterocycles. The lowest BCUT2D eigenvalue weighted by molar-refractivity contribution is 0.0838. The predicted molar refractivity (Wildman–Crippen MR) is 65.8 cm³/mol. The molecule has 0 heterocycles. The van der Waals surface area contributed by atoms with Crippen molar-refractivity contribution < 1.29 is 14.6 Å². The Kier molecular flexibility index (Phi) is 5.45. The molecule has 0 bridgehead atoms. The van der Waals surface area contributed by atoms with Gasteiger partial charge in [0.05, 0.1) is 19.8 Å². The average Bonchev–Trinajstić information content (AvgIpc) is 2.32. The Bertz CT molecular complexity index is 380. The van der Waals surface area contributed by atoms with Crippen molar-refractivity contribution in [3.8, 4) is 0 Å². The number of aliphatic hydroxyl groups is 1. The zero-order chi connectivity index (χ0) is 12.7. The van der Waals surface area contributed by atoms with Crippen molar-refractivity contribution in [1.82, 2.24) is 5.32 Å². The number of amides is 1. The number of benzene rings is 1. The molecule has 0 aliphatic rings. The van der Waals surface area contributed by atoms with Gasteiger partial charge >= 0.3 is 0 Å². The van der Waals surface area contributed by atoms with E-state index in [1.807, 2.05) is 13.0 Å². The molecule has 0 saturated carbocycles. The second-order valence-corrected chi connectivity index (χ2v) is 3.67. The lowest BCUT2D eigenvalue weighted by Crippen LogP contribution is -2.28. The number of nitrogen functional groups attached to an aromatic ring is 1. The van der Waals surface area contributed by atoms with E-state index in [9.17, 15) is 4.79 Å². The van der Waals surface area contributed by atoms with Gasteiger partial charge in [0.15, 0.2) is 0 Å². The van der Waals surface area contributed by atoms with Gasteiger partial charge in [0.25, 0.3) is 5.91 Å². The van der Waals surface area contributed by atoms with E-state index in [2.05, 4.69) is 5.32 Å². The SMILES string of the molecule is Cc1ccc(N)cc1C(=O)NCCOCCO. The fourth-order valence-corrected chi connectivity index (χ4v) is 1.38. The molecule has 17 heavy (non-hydrogen) atoms. The molecule has 1 aromatic carbocycles. The molecule has 5 heteroatoms. The van der Waals surface area contributed by atoms with Gasteiger partial charge in [-0.3, -0.25) is 4.79 Å². The van der Waals surface area contributed by atoms with Crippen LogP contribution < -0.4 is 11.1 Å². The third-order valence-electron chi connectivity index (χ3n) is 2.27. The number of nitrogens with one attached hydrogen (secondary N) is 1. The Balaban J connectivity index is 2.44. The first-order chi connectivity index (χ1) is 8.15. The van der Waals surface area contributed by atoms with E-state index in [-0.39, 0.29) is 19.1 Å². The highest BCUT2D eigenvalue weighted by Crippen LogP contribution is 2.12. The quantitative estimate of drug-likeness (QED) is 0.492. The Hall–Kier alpha value is -1.59. The van der Waals surface area contributed by atoms with E-state index in [1.54, 1.807) is 12.1 Å². The zero-order valence-corrected chi connectivity index (χ0v) is 9.90. The largest absolute Gasteiger partial charge is 0.399 e. The molecule has 1 aromatic rings. The van der Waals surface area contributed by atoms with Gasteiger partial charge in [0.2, 0.25) is 0 Å². The summed E-state index contributed by atoms with van der Waals surface area (Å²) in [4.78, 5) is 11.8. The van der Waals surface area contributed by atoms with Gasteiger partial charge < -0.3 is 20.9 Å². The first-order valence-electron chi connectivity index (χ1n) is 5.48. The Morgan fingerprint density at radius 3 is 2.94 bits per heavy atom. The topological polar surface area (TPSA) is 84.6 Å². The van der Waals surface area contributed by atoms with Crippen LogP contribution in [0.15, 0.2) is 18.2 Å². The highest BCUT2D eigenvalue weighted by Gasteiger charge is 2.08. The van der Waals surface area contributed by atoms with Crippen LogP contribution in [0.25, 0.3) is 0 Å². The standard InChI is InChI=1S/C12H18N2O3/c1-9-2-3-10(13)8-11(9)12(16)14-4-6-17-7-5-15/h2-3,8,15H,4-7,13H2,1H3,(H,14,16). The molecule has 0 aliphatic carbocycles. The number of carbonyl (C=O) groups is 1. The number of aliphatic hydroxyl groups excluding tert-OH is 1. The number of anilines is 1. The first kappa shape index (κ1) is 13.5. The average molecular weight is 238 g/mol. The molecule has 0 radical (unpaired) electrons. The monoisotopic (exact) mass is 238 g/mol. The number of nitrogens with two attached hydrogens (primary N) is 1. The first-order valence-corrected chi connectivity index (χ1v) is 5.48. The number of hydrogen-bond donors (Lipinski definition) is 3. The molecular formula is C12H18N2O3. The Labute approximate surface area is 101 Å². The maximum absolute atomic E-state index is 11.8. The molecule has 0 aliphatic heterocycles. The summed E-state index contributed by atoms with van der Waals surface area (Å²) in [5.74, 6) is -0.164. The summed E-state index contributed by atoms with van der Waals surface area (Å²) < 4.78 is 5.03. The van der Waals surface area contributed by atoms with Crippen LogP contribution in [-0.4, -0.2) is 37.4 Å².